The van der Waals surface area contributed by atoms with Crippen LogP contribution in [0.15, 0.2) is 11.8 Å². The van der Waals surface area contributed by atoms with E-state index in [4.69, 9.17) is 24.7 Å². The van der Waals surface area contributed by atoms with Crippen molar-refractivity contribution in [3.05, 3.63) is 11.8 Å². The Hall–Kier alpha value is -1.96. The van der Waals surface area contributed by atoms with Crippen LogP contribution < -0.4 is 11.1 Å². The molecular weight excluding hydrogens is 630 g/mol. The Bertz CT molecular complexity index is 1140. The lowest BCUT2D eigenvalue weighted by Crippen LogP contribution is -2.65. The number of aliphatic hydroxyl groups is 3. The maximum Gasteiger partial charge on any atom is 0.410 e. The van der Waals surface area contributed by atoms with Gasteiger partial charge < -0.3 is 50.2 Å². The molecule has 3 aliphatic carbocycles. The SMILES string of the molecule is CCCC(C)C(=O)NC1CC(C)C(C2OC(COCC3CC3)=CCC2N)C(O)C1OC1CCCC(C)(O)C(N(C)C(=O)OC(C)(C)C)C1O. The zero-order chi connectivity index (χ0) is 36.3. The highest BCUT2D eigenvalue weighted by atomic mass is 16.6. The number of nitrogens with two attached hydrogens (primary N) is 1. The number of hydrogen-bond acceptors (Lipinski definition) is 10. The van der Waals surface area contributed by atoms with Gasteiger partial charge >= 0.3 is 6.09 Å². The number of carbonyl (C=O) groups excluding carboxylic acids is 2. The van der Waals surface area contributed by atoms with Crippen LogP contribution in [0.3, 0.4) is 0 Å². The van der Waals surface area contributed by atoms with E-state index in [1.807, 2.05) is 26.8 Å². The number of likely N-dealkylation sites (N-methyl/N-ethyl adjacent to an activating group) is 1. The first kappa shape index (κ1) is 39.8. The minimum atomic E-state index is -1.44. The first-order valence-corrected chi connectivity index (χ1v) is 18.6. The number of hydrogen-bond donors (Lipinski definition) is 5. The van der Waals surface area contributed by atoms with Crippen molar-refractivity contribution in [2.45, 2.75) is 166 Å². The van der Waals surface area contributed by atoms with Gasteiger partial charge in [-0.1, -0.05) is 27.2 Å². The van der Waals surface area contributed by atoms with Crippen molar-refractivity contribution in [1.82, 2.24) is 10.2 Å². The Balaban J connectivity index is 1.59. The van der Waals surface area contributed by atoms with Gasteiger partial charge in [0, 0.05) is 31.5 Å². The second kappa shape index (κ2) is 16.6. The zero-order valence-corrected chi connectivity index (χ0v) is 31.1. The molecule has 12 heteroatoms. The smallest absolute Gasteiger partial charge is 0.410 e. The highest BCUT2D eigenvalue weighted by Gasteiger charge is 2.53. The third kappa shape index (κ3) is 10.3. The van der Waals surface area contributed by atoms with E-state index >= 15 is 0 Å². The third-order valence-corrected chi connectivity index (χ3v) is 10.9. The van der Waals surface area contributed by atoms with E-state index in [1.165, 1.54) is 24.8 Å². The third-order valence-electron chi connectivity index (χ3n) is 10.9. The molecule has 12 unspecified atom stereocenters. The van der Waals surface area contributed by atoms with Crippen LogP contribution in [0.5, 0.6) is 0 Å². The largest absolute Gasteiger partial charge is 0.491 e. The number of rotatable bonds is 12. The molecule has 12 atom stereocenters. The maximum absolute atomic E-state index is 13.4. The molecule has 12 nitrogen and oxygen atoms in total. The summed E-state index contributed by atoms with van der Waals surface area (Å²) in [5.41, 5.74) is 4.43. The molecule has 0 spiro atoms. The molecule has 1 aliphatic heterocycles. The van der Waals surface area contributed by atoms with Crippen molar-refractivity contribution in [3.8, 4) is 0 Å². The summed E-state index contributed by atoms with van der Waals surface area (Å²) < 4.78 is 24.7. The Labute approximate surface area is 293 Å². The molecule has 2 amide bonds. The Kier molecular flexibility index (Phi) is 13.5. The van der Waals surface area contributed by atoms with Crippen molar-refractivity contribution in [1.29, 1.82) is 0 Å². The highest BCUT2D eigenvalue weighted by molar-refractivity contribution is 5.78. The number of ether oxygens (including phenoxy) is 4. The van der Waals surface area contributed by atoms with Crippen LogP contribution in [0.1, 0.15) is 106 Å². The predicted octanol–water partition coefficient (Wildman–Crippen LogP) is 3.64. The van der Waals surface area contributed by atoms with E-state index in [0.29, 0.717) is 57.0 Å². The number of carbonyl (C=O) groups is 2. The van der Waals surface area contributed by atoms with E-state index in [-0.39, 0.29) is 23.8 Å². The van der Waals surface area contributed by atoms with Crippen LogP contribution in [-0.4, -0.2) is 112 Å². The molecule has 0 aromatic carbocycles. The molecule has 3 fully saturated rings. The molecule has 6 N–H and O–H groups in total. The predicted molar refractivity (Wildman–Crippen MR) is 185 cm³/mol. The fraction of sp³-hybridized carbons (Fsp3) is 0.892. The van der Waals surface area contributed by atoms with E-state index in [0.717, 1.165) is 12.8 Å². The van der Waals surface area contributed by atoms with Crippen molar-refractivity contribution >= 4 is 12.0 Å². The molecule has 0 aromatic rings. The summed E-state index contributed by atoms with van der Waals surface area (Å²) in [4.78, 5) is 27.8. The van der Waals surface area contributed by atoms with Crippen LogP contribution >= 0.6 is 0 Å². The molecule has 4 rings (SSSR count). The number of aliphatic hydroxyl groups excluding tert-OH is 2. The molecule has 0 aromatic heterocycles. The quantitative estimate of drug-likeness (QED) is 0.190. The summed E-state index contributed by atoms with van der Waals surface area (Å²) in [6.45, 7) is 13.9. The minimum Gasteiger partial charge on any atom is -0.491 e. The number of amides is 2. The lowest BCUT2D eigenvalue weighted by Gasteiger charge is -2.50. The van der Waals surface area contributed by atoms with Gasteiger partial charge in [0.15, 0.2) is 0 Å². The molecule has 282 valence electrons. The van der Waals surface area contributed by atoms with Crippen molar-refractivity contribution in [2.24, 2.45) is 29.4 Å². The summed E-state index contributed by atoms with van der Waals surface area (Å²) in [7, 11) is 1.51. The maximum atomic E-state index is 13.4. The fourth-order valence-corrected chi connectivity index (χ4v) is 7.98. The first-order chi connectivity index (χ1) is 22.9. The van der Waals surface area contributed by atoms with E-state index < -0.39 is 65.8 Å². The van der Waals surface area contributed by atoms with Gasteiger partial charge in [0.2, 0.25) is 5.91 Å². The summed E-state index contributed by atoms with van der Waals surface area (Å²) in [6.07, 6.45) is 2.84. The Morgan fingerprint density at radius 2 is 1.90 bits per heavy atom. The standard InChI is InChI=1S/C37H65N3O9/c1-9-11-21(2)34(43)39-26-18-22(3)28(31-25(38)16-15-24(47-31)20-46-19-23-13-14-23)30(42)32(26)48-27-12-10-17-37(7,45)33(29(27)41)40(8)35(44)49-36(4,5)6/h15,21-23,25-33,41-42,45H,9-14,16-20,38H2,1-8H3,(H,39,43). The van der Waals surface area contributed by atoms with Gasteiger partial charge in [0.1, 0.15) is 36.3 Å². The number of nitrogens with zero attached hydrogens (tertiary/aromatic N) is 1. The van der Waals surface area contributed by atoms with Crippen LogP contribution in [0.4, 0.5) is 4.79 Å². The average Bonchev–Trinajstić information content (AvgIpc) is 3.83. The average molecular weight is 696 g/mol. The molecule has 49 heavy (non-hydrogen) atoms. The first-order valence-electron chi connectivity index (χ1n) is 18.6. The topological polar surface area (TPSA) is 173 Å². The van der Waals surface area contributed by atoms with Crippen LogP contribution in [0.2, 0.25) is 0 Å². The van der Waals surface area contributed by atoms with Crippen molar-refractivity contribution in [3.63, 3.8) is 0 Å². The van der Waals surface area contributed by atoms with Gasteiger partial charge in [0.25, 0.3) is 0 Å². The van der Waals surface area contributed by atoms with Gasteiger partial charge in [-0.05, 0) is 97.0 Å². The molecule has 4 aliphatic rings. The van der Waals surface area contributed by atoms with E-state index in [2.05, 4.69) is 5.32 Å². The number of nitrogens with one attached hydrogen (secondary N) is 1. The van der Waals surface area contributed by atoms with Gasteiger partial charge in [-0.3, -0.25) is 4.79 Å². The summed E-state index contributed by atoms with van der Waals surface area (Å²) in [5, 5.41) is 38.9. The van der Waals surface area contributed by atoms with Crippen molar-refractivity contribution < 1.29 is 43.9 Å². The summed E-state index contributed by atoms with van der Waals surface area (Å²) >= 11 is 0. The molecule has 0 saturated heterocycles. The van der Waals surface area contributed by atoms with Gasteiger partial charge in [0.05, 0.1) is 29.9 Å². The van der Waals surface area contributed by atoms with E-state index in [9.17, 15) is 24.9 Å². The summed E-state index contributed by atoms with van der Waals surface area (Å²) in [5.74, 6) is 0.477. The van der Waals surface area contributed by atoms with Gasteiger partial charge in [-0.15, -0.1) is 0 Å². The second-order valence-electron chi connectivity index (χ2n) is 16.6. The highest BCUT2D eigenvalue weighted by Crippen LogP contribution is 2.41. The van der Waals surface area contributed by atoms with Crippen LogP contribution in [0, 0.1) is 23.7 Å². The molecule has 3 saturated carbocycles. The van der Waals surface area contributed by atoms with Crippen LogP contribution in [0.25, 0.3) is 0 Å². The van der Waals surface area contributed by atoms with Gasteiger partial charge in [-0.2, -0.15) is 0 Å². The lowest BCUT2D eigenvalue weighted by molar-refractivity contribution is -0.193. The van der Waals surface area contributed by atoms with Gasteiger partial charge in [-0.25, -0.2) is 4.79 Å². The zero-order valence-electron chi connectivity index (χ0n) is 31.1. The molecule has 0 bridgehead atoms. The monoisotopic (exact) mass is 695 g/mol. The Morgan fingerprint density at radius 3 is 2.53 bits per heavy atom. The molecule has 0 radical (unpaired) electrons. The van der Waals surface area contributed by atoms with E-state index in [1.54, 1.807) is 27.7 Å². The molecule has 1 heterocycles. The molecular formula is C37H65N3O9. The van der Waals surface area contributed by atoms with Crippen molar-refractivity contribution in [2.75, 3.05) is 20.3 Å². The normalized spacial score (nSPS) is 37.7. The minimum absolute atomic E-state index is 0.0877. The fourth-order valence-electron chi connectivity index (χ4n) is 7.98. The second-order valence-corrected chi connectivity index (χ2v) is 16.6. The van der Waals surface area contributed by atoms with Crippen LogP contribution in [-0.2, 0) is 23.7 Å². The Morgan fingerprint density at radius 1 is 1.20 bits per heavy atom. The summed E-state index contributed by atoms with van der Waals surface area (Å²) in [6, 6.07) is -1.97. The lowest BCUT2D eigenvalue weighted by atomic mass is 9.69.